The highest BCUT2D eigenvalue weighted by molar-refractivity contribution is 7.25. The topological polar surface area (TPSA) is 43.2 Å². The number of hydrogen-bond donors (Lipinski definition) is 1. The van der Waals surface area contributed by atoms with Crippen molar-refractivity contribution in [3.63, 3.8) is 0 Å². The first-order chi connectivity index (χ1) is 31.6. The van der Waals surface area contributed by atoms with Crippen LogP contribution in [0.3, 0.4) is 0 Å². The second kappa shape index (κ2) is 13.4. The Balaban J connectivity index is 1.19. The van der Waals surface area contributed by atoms with Crippen LogP contribution in [0.15, 0.2) is 142 Å². The fourth-order valence-electron chi connectivity index (χ4n) is 10.7. The molecule has 0 spiro atoms. The molecule has 1 N–H and O–H groups in total. The van der Waals surface area contributed by atoms with Crippen LogP contribution in [-0.2, 0) is 16.2 Å². The van der Waals surface area contributed by atoms with E-state index in [1.165, 1.54) is 58.7 Å². The molecule has 1 aliphatic heterocycles. The van der Waals surface area contributed by atoms with Gasteiger partial charge in [-0.25, -0.2) is 0 Å². The zero-order valence-corrected chi connectivity index (χ0v) is 39.8. The molecule has 0 fully saturated rings. The average molecular weight is 874 g/mol. The molecule has 4 aromatic heterocycles. The second-order valence-electron chi connectivity index (χ2n) is 21.7. The van der Waals surface area contributed by atoms with E-state index in [4.69, 9.17) is 8.83 Å². The summed E-state index contributed by atoms with van der Waals surface area (Å²) in [6.45, 7) is 20.6. The van der Waals surface area contributed by atoms with Gasteiger partial charge in [-0.3, -0.25) is 0 Å². The lowest BCUT2D eigenvalue weighted by atomic mass is 9.58. The molecule has 0 unspecified atom stereocenters. The third kappa shape index (κ3) is 5.76. The summed E-state index contributed by atoms with van der Waals surface area (Å²) >= 11 is 1.88. The number of furan rings is 2. The SMILES string of the molecule is CC(C)(C)c1ccc(Nc2cc3c(cc2-c2c4c5c(c6cc(C(C)(C)C)ccc6n5-c5cc6c(cc5[B]4)oc4ccccc46)c4c2oc2ccccc24)sc2cc(C(C)(C)C)ccc23)cc1. The largest absolute Gasteiger partial charge is 0.456 e. The minimum absolute atomic E-state index is 0.0403. The molecule has 5 heterocycles. The quantitative estimate of drug-likeness (QED) is 0.180. The molecule has 0 aliphatic carbocycles. The third-order valence-electron chi connectivity index (χ3n) is 14.3. The Morgan fingerprint density at radius 3 is 1.91 bits per heavy atom. The highest BCUT2D eigenvalue weighted by atomic mass is 32.1. The number of nitrogens with zero attached hydrogens (tertiary/aromatic N) is 1. The lowest BCUT2D eigenvalue weighted by Crippen LogP contribution is -2.37. The number of rotatable bonds is 3. The fourth-order valence-corrected chi connectivity index (χ4v) is 11.8. The van der Waals surface area contributed by atoms with E-state index in [1.807, 2.05) is 11.3 Å². The highest BCUT2D eigenvalue weighted by Gasteiger charge is 2.33. The van der Waals surface area contributed by atoms with Crippen molar-refractivity contribution >= 4 is 127 Å². The lowest BCUT2D eigenvalue weighted by Gasteiger charge is -2.24. The first-order valence-electron chi connectivity index (χ1n) is 23.2. The van der Waals surface area contributed by atoms with Crippen molar-refractivity contribution in [1.29, 1.82) is 0 Å². The van der Waals surface area contributed by atoms with Gasteiger partial charge in [0.25, 0.3) is 0 Å². The fraction of sp³-hybridized carbons (Fsp3) is 0.200. The minimum Gasteiger partial charge on any atom is -0.456 e. The monoisotopic (exact) mass is 873 g/mol. The molecule has 12 aromatic rings. The molecule has 1 aliphatic rings. The number of hydrogen-bond acceptors (Lipinski definition) is 4. The Morgan fingerprint density at radius 1 is 0.515 bits per heavy atom. The Hall–Kier alpha value is -6.76. The van der Waals surface area contributed by atoms with Gasteiger partial charge in [-0.2, -0.15) is 0 Å². The van der Waals surface area contributed by atoms with Crippen LogP contribution in [0.25, 0.3) is 103 Å². The maximum atomic E-state index is 7.28. The first-order valence-corrected chi connectivity index (χ1v) is 24.1. The molecule has 4 nitrogen and oxygen atoms in total. The molecule has 6 heteroatoms. The number of aromatic nitrogens is 1. The van der Waals surface area contributed by atoms with Gasteiger partial charge in [-0.05, 0) is 105 Å². The Morgan fingerprint density at radius 2 is 1.17 bits per heavy atom. The molecule has 66 heavy (non-hydrogen) atoms. The van der Waals surface area contributed by atoms with Crippen molar-refractivity contribution in [3.05, 3.63) is 150 Å². The van der Waals surface area contributed by atoms with E-state index in [-0.39, 0.29) is 16.2 Å². The normalized spacial score (nSPS) is 13.3. The van der Waals surface area contributed by atoms with Crippen molar-refractivity contribution in [2.75, 3.05) is 5.32 Å². The number of anilines is 2. The molecule has 1 radical (unpaired) electrons. The highest BCUT2D eigenvalue weighted by Crippen LogP contribution is 2.50. The van der Waals surface area contributed by atoms with Crippen LogP contribution in [0.2, 0.25) is 0 Å². The van der Waals surface area contributed by atoms with E-state index in [0.29, 0.717) is 0 Å². The van der Waals surface area contributed by atoms with Crippen molar-refractivity contribution in [3.8, 4) is 16.8 Å². The van der Waals surface area contributed by atoms with E-state index < -0.39 is 0 Å². The number of fused-ring (bicyclic) bond motifs is 15. The maximum absolute atomic E-state index is 7.28. The van der Waals surface area contributed by atoms with Crippen LogP contribution in [0.5, 0.6) is 0 Å². The molecular formula is C60H50BN2O2S. The smallest absolute Gasteiger partial charge is 0.198 e. The molecular weight excluding hydrogens is 824 g/mol. The molecule has 0 amide bonds. The van der Waals surface area contributed by atoms with E-state index >= 15 is 0 Å². The number of benzene rings is 8. The predicted octanol–water partition coefficient (Wildman–Crippen LogP) is 16.2. The number of nitrogens with one attached hydrogen (secondary N) is 1. The lowest BCUT2D eigenvalue weighted by molar-refractivity contribution is 0.590. The summed E-state index contributed by atoms with van der Waals surface area (Å²) in [4.78, 5) is 0. The number of thiophene rings is 1. The van der Waals surface area contributed by atoms with Gasteiger partial charge in [0.2, 0.25) is 0 Å². The van der Waals surface area contributed by atoms with E-state index in [9.17, 15) is 0 Å². The van der Waals surface area contributed by atoms with Crippen LogP contribution >= 0.6 is 11.3 Å². The van der Waals surface area contributed by atoms with Gasteiger partial charge in [0.05, 0.1) is 5.52 Å². The first kappa shape index (κ1) is 39.6. The van der Waals surface area contributed by atoms with Crippen molar-refractivity contribution in [2.24, 2.45) is 0 Å². The third-order valence-corrected chi connectivity index (χ3v) is 15.4. The molecule has 13 rings (SSSR count). The van der Waals surface area contributed by atoms with Gasteiger partial charge >= 0.3 is 0 Å². The summed E-state index contributed by atoms with van der Waals surface area (Å²) in [6, 6.07) is 49.6. The van der Waals surface area contributed by atoms with Gasteiger partial charge in [-0.1, -0.05) is 135 Å². The summed E-state index contributed by atoms with van der Waals surface area (Å²) in [5, 5.41) is 13.5. The Bertz CT molecular complexity index is 4040. The van der Waals surface area contributed by atoms with Crippen LogP contribution < -0.4 is 16.2 Å². The molecule has 321 valence electrons. The minimum atomic E-state index is -0.0476. The van der Waals surface area contributed by atoms with E-state index in [1.54, 1.807) is 0 Å². The summed E-state index contributed by atoms with van der Waals surface area (Å²) in [6.07, 6.45) is 0. The molecule has 0 saturated carbocycles. The maximum Gasteiger partial charge on any atom is 0.198 e. The molecule has 8 aromatic carbocycles. The van der Waals surface area contributed by atoms with Crippen LogP contribution in [0, 0.1) is 0 Å². The summed E-state index contributed by atoms with van der Waals surface area (Å²) < 4.78 is 18.9. The van der Waals surface area contributed by atoms with Crippen molar-refractivity contribution in [2.45, 2.75) is 78.6 Å². The molecule has 0 bridgehead atoms. The molecule has 0 saturated heterocycles. The van der Waals surface area contributed by atoms with Gasteiger partial charge in [0.1, 0.15) is 22.3 Å². The van der Waals surface area contributed by atoms with E-state index in [2.05, 4.69) is 213 Å². The summed E-state index contributed by atoms with van der Waals surface area (Å²) in [5.74, 6) is 0. The number of para-hydroxylation sites is 2. The summed E-state index contributed by atoms with van der Waals surface area (Å²) in [5.41, 5.74) is 17.5. The van der Waals surface area contributed by atoms with Gasteiger partial charge in [0.15, 0.2) is 7.28 Å². The summed E-state index contributed by atoms with van der Waals surface area (Å²) in [7, 11) is 2.41. The van der Waals surface area contributed by atoms with Crippen LogP contribution in [-0.4, -0.2) is 11.8 Å². The molecule has 0 atom stereocenters. The average Bonchev–Trinajstić information content (AvgIpc) is 4.03. The van der Waals surface area contributed by atoms with Gasteiger partial charge in [-0.15, -0.1) is 11.3 Å². The standard InChI is InChI=1S/C60H50BN2O2S/c1-58(2,3)32-18-22-35(23-19-32)62-44-28-40-37-24-20-34(60(7,8)9)27-50(37)66-51(40)30-41(44)54-55-56-52(53-38-15-11-13-17-48(38)65-57(53)54)42-26-33(59(4,5)6)21-25-45(42)63(56)46-29-39-36-14-10-12-16-47(36)64-49(39)31-43(46)61-55/h10-31,62H,1-9H3. The zero-order valence-electron chi connectivity index (χ0n) is 39.0. The van der Waals surface area contributed by atoms with Gasteiger partial charge < -0.3 is 18.7 Å². The van der Waals surface area contributed by atoms with Gasteiger partial charge in [0, 0.05) is 86.2 Å². The van der Waals surface area contributed by atoms with E-state index in [0.717, 1.165) is 83.0 Å². The zero-order chi connectivity index (χ0) is 45.2. The van der Waals surface area contributed by atoms with Crippen molar-refractivity contribution in [1.82, 2.24) is 4.57 Å². The second-order valence-corrected chi connectivity index (χ2v) is 22.8. The predicted molar refractivity (Wildman–Crippen MR) is 285 cm³/mol. The van der Waals surface area contributed by atoms with Crippen molar-refractivity contribution < 1.29 is 8.83 Å². The Labute approximate surface area is 389 Å². The van der Waals surface area contributed by atoms with Crippen LogP contribution in [0.1, 0.15) is 79.0 Å². The van der Waals surface area contributed by atoms with Crippen LogP contribution in [0.4, 0.5) is 11.4 Å². The Kier molecular flexibility index (Phi) is 8.05.